The zero-order valence-electron chi connectivity index (χ0n) is 13.2. The van der Waals surface area contributed by atoms with Gasteiger partial charge in [0.1, 0.15) is 5.82 Å². The summed E-state index contributed by atoms with van der Waals surface area (Å²) in [5, 5.41) is 0.629. The fourth-order valence-electron chi connectivity index (χ4n) is 2.54. The molecule has 0 fully saturated rings. The molecule has 118 valence electrons. The smallest absolute Gasteiger partial charge is 0.259 e. The largest absolute Gasteiger partial charge is 0.306 e. The molecule has 0 radical (unpaired) electrons. The average Bonchev–Trinajstić information content (AvgIpc) is 2.59. The quantitative estimate of drug-likeness (QED) is 0.519. The van der Waals surface area contributed by atoms with Gasteiger partial charge in [-0.2, -0.15) is 0 Å². The molecule has 2 aromatic carbocycles. The van der Waals surface area contributed by atoms with Gasteiger partial charge in [-0.25, -0.2) is 4.98 Å². The lowest BCUT2D eigenvalue weighted by Gasteiger charge is -2.09. The van der Waals surface area contributed by atoms with Crippen molar-refractivity contribution in [1.29, 1.82) is 0 Å². The summed E-state index contributed by atoms with van der Waals surface area (Å²) in [6, 6.07) is 15.6. The summed E-state index contributed by atoms with van der Waals surface area (Å²) in [5.41, 5.74) is 1.64. The monoisotopic (exact) mass is 324 g/mol. The molecule has 0 aliphatic carbocycles. The minimum atomic E-state index is -0.0867. The van der Waals surface area contributed by atoms with Gasteiger partial charge in [-0.1, -0.05) is 50.1 Å². The Hall–Kier alpha value is -2.07. The molecule has 23 heavy (non-hydrogen) atoms. The first-order chi connectivity index (χ1) is 11.3. The van der Waals surface area contributed by atoms with Gasteiger partial charge in [0.15, 0.2) is 0 Å². The number of thioether (sulfide) groups is 1. The highest BCUT2D eigenvalue weighted by atomic mass is 32.2. The maximum absolute atomic E-state index is 12.3. The van der Waals surface area contributed by atoms with E-state index in [1.165, 1.54) is 24.2 Å². The van der Waals surface area contributed by atoms with Gasteiger partial charge in [0.05, 0.1) is 10.9 Å². The van der Waals surface area contributed by atoms with Crippen LogP contribution in [0.3, 0.4) is 0 Å². The Morgan fingerprint density at radius 1 is 1.04 bits per heavy atom. The lowest BCUT2D eigenvalue weighted by molar-refractivity contribution is 0.778. The molecule has 1 N–H and O–H groups in total. The van der Waals surface area contributed by atoms with E-state index in [0.29, 0.717) is 11.2 Å². The fraction of sp³-hybridized carbons (Fsp3) is 0.263. The molecular weight excluding hydrogens is 304 g/mol. The first kappa shape index (κ1) is 15.8. The molecule has 1 heterocycles. The van der Waals surface area contributed by atoms with E-state index in [1.807, 2.05) is 48.2 Å². The minimum Gasteiger partial charge on any atom is -0.306 e. The summed E-state index contributed by atoms with van der Waals surface area (Å²) < 4.78 is 0. The van der Waals surface area contributed by atoms with Crippen LogP contribution in [-0.4, -0.2) is 15.7 Å². The molecule has 0 aliphatic rings. The van der Waals surface area contributed by atoms with Gasteiger partial charge in [0, 0.05) is 10.5 Å². The molecule has 3 aromatic rings. The van der Waals surface area contributed by atoms with Crippen molar-refractivity contribution in [3.63, 3.8) is 0 Å². The summed E-state index contributed by atoms with van der Waals surface area (Å²) in [6.07, 6.45) is 3.68. The molecule has 1 aromatic heterocycles. The number of hydrogen-bond acceptors (Lipinski definition) is 3. The predicted octanol–water partition coefficient (Wildman–Crippen LogP) is 4.87. The van der Waals surface area contributed by atoms with Crippen molar-refractivity contribution < 1.29 is 0 Å². The van der Waals surface area contributed by atoms with Crippen LogP contribution in [0.5, 0.6) is 0 Å². The van der Waals surface area contributed by atoms with E-state index in [-0.39, 0.29) is 5.56 Å². The molecule has 3 nitrogen and oxygen atoms in total. The molecule has 3 rings (SSSR count). The number of H-pyrrole nitrogens is 1. The number of hydrogen-bond donors (Lipinski definition) is 1. The Morgan fingerprint density at radius 2 is 1.83 bits per heavy atom. The minimum absolute atomic E-state index is 0.0867. The van der Waals surface area contributed by atoms with E-state index in [0.717, 1.165) is 16.8 Å². The normalized spacial score (nSPS) is 11.0. The summed E-state index contributed by atoms with van der Waals surface area (Å²) >= 11 is 1.83. The highest BCUT2D eigenvalue weighted by Crippen LogP contribution is 2.30. The SMILES string of the molecule is CCCCCSc1ccccc1-c1nc2ccccc2c(=O)[nH]1. The third-order valence-electron chi connectivity index (χ3n) is 3.76. The number of aromatic amines is 1. The number of unbranched alkanes of at least 4 members (excludes halogenated alkanes) is 2. The van der Waals surface area contributed by atoms with Crippen LogP contribution in [0.25, 0.3) is 22.3 Å². The highest BCUT2D eigenvalue weighted by Gasteiger charge is 2.09. The lowest BCUT2D eigenvalue weighted by Crippen LogP contribution is -2.09. The number of nitrogens with one attached hydrogen (secondary N) is 1. The Morgan fingerprint density at radius 3 is 2.70 bits per heavy atom. The van der Waals surface area contributed by atoms with E-state index in [9.17, 15) is 4.79 Å². The number of benzene rings is 2. The number of rotatable bonds is 6. The lowest BCUT2D eigenvalue weighted by atomic mass is 10.2. The van der Waals surface area contributed by atoms with E-state index in [4.69, 9.17) is 0 Å². The standard InChI is InChI=1S/C19H20N2OS/c1-2-3-8-13-23-17-12-7-5-10-15(17)18-20-16-11-6-4-9-14(16)19(22)21-18/h4-7,9-12H,2-3,8,13H2,1H3,(H,20,21,22). The summed E-state index contributed by atoms with van der Waals surface area (Å²) in [5.74, 6) is 1.73. The number of aromatic nitrogens is 2. The molecular formula is C19H20N2OS. The second-order valence-electron chi connectivity index (χ2n) is 5.48. The zero-order valence-corrected chi connectivity index (χ0v) is 14.0. The van der Waals surface area contributed by atoms with Crippen LogP contribution in [0.2, 0.25) is 0 Å². The Balaban J connectivity index is 1.97. The highest BCUT2D eigenvalue weighted by molar-refractivity contribution is 7.99. The molecule has 0 atom stereocenters. The van der Waals surface area contributed by atoms with Crippen LogP contribution in [0.4, 0.5) is 0 Å². The summed E-state index contributed by atoms with van der Waals surface area (Å²) in [7, 11) is 0. The second kappa shape index (κ2) is 7.47. The summed E-state index contributed by atoms with van der Waals surface area (Å²) in [4.78, 5) is 21.0. The van der Waals surface area contributed by atoms with Crippen LogP contribution in [-0.2, 0) is 0 Å². The van der Waals surface area contributed by atoms with E-state index in [1.54, 1.807) is 6.07 Å². The van der Waals surface area contributed by atoms with Gasteiger partial charge < -0.3 is 4.98 Å². The molecule has 0 amide bonds. The Labute approximate surface area is 140 Å². The Kier molecular flexibility index (Phi) is 5.13. The maximum Gasteiger partial charge on any atom is 0.259 e. The second-order valence-corrected chi connectivity index (χ2v) is 6.62. The number of para-hydroxylation sites is 1. The molecule has 0 unspecified atom stereocenters. The maximum atomic E-state index is 12.3. The molecule has 4 heteroatoms. The van der Waals surface area contributed by atoms with Crippen molar-refractivity contribution >= 4 is 22.7 Å². The van der Waals surface area contributed by atoms with Gasteiger partial charge in [-0.05, 0) is 30.4 Å². The molecule has 0 spiro atoms. The first-order valence-electron chi connectivity index (χ1n) is 8.01. The zero-order chi connectivity index (χ0) is 16.1. The summed E-state index contributed by atoms with van der Waals surface area (Å²) in [6.45, 7) is 2.21. The Bertz CT molecular complexity index is 857. The van der Waals surface area contributed by atoms with Crippen molar-refractivity contribution in [2.24, 2.45) is 0 Å². The van der Waals surface area contributed by atoms with Gasteiger partial charge in [0.2, 0.25) is 0 Å². The van der Waals surface area contributed by atoms with Gasteiger partial charge >= 0.3 is 0 Å². The van der Waals surface area contributed by atoms with E-state index >= 15 is 0 Å². The van der Waals surface area contributed by atoms with Gasteiger partial charge in [-0.3, -0.25) is 4.79 Å². The molecule has 0 bridgehead atoms. The number of fused-ring (bicyclic) bond motifs is 1. The van der Waals surface area contributed by atoms with Crippen LogP contribution in [0, 0.1) is 0 Å². The fourth-order valence-corrected chi connectivity index (χ4v) is 3.60. The van der Waals surface area contributed by atoms with Crippen LogP contribution in [0.1, 0.15) is 26.2 Å². The van der Waals surface area contributed by atoms with Gasteiger partial charge in [-0.15, -0.1) is 11.8 Å². The predicted molar refractivity (Wildman–Crippen MR) is 98.0 cm³/mol. The van der Waals surface area contributed by atoms with E-state index in [2.05, 4.69) is 23.0 Å². The third-order valence-corrected chi connectivity index (χ3v) is 4.92. The van der Waals surface area contributed by atoms with Crippen LogP contribution < -0.4 is 5.56 Å². The number of nitrogens with zero attached hydrogens (tertiary/aromatic N) is 1. The van der Waals surface area contributed by atoms with Crippen molar-refractivity contribution in [2.45, 2.75) is 31.1 Å². The van der Waals surface area contributed by atoms with Crippen molar-refractivity contribution in [1.82, 2.24) is 9.97 Å². The van der Waals surface area contributed by atoms with Gasteiger partial charge in [0.25, 0.3) is 5.56 Å². The first-order valence-corrected chi connectivity index (χ1v) is 8.99. The van der Waals surface area contributed by atoms with E-state index < -0.39 is 0 Å². The van der Waals surface area contributed by atoms with Crippen molar-refractivity contribution in [2.75, 3.05) is 5.75 Å². The van der Waals surface area contributed by atoms with Crippen molar-refractivity contribution in [3.05, 3.63) is 58.9 Å². The third kappa shape index (κ3) is 3.64. The molecule has 0 aliphatic heterocycles. The van der Waals surface area contributed by atoms with Crippen LogP contribution in [0.15, 0.2) is 58.2 Å². The average molecular weight is 324 g/mol. The molecule has 0 saturated heterocycles. The topological polar surface area (TPSA) is 45.8 Å². The van der Waals surface area contributed by atoms with Crippen molar-refractivity contribution in [3.8, 4) is 11.4 Å². The van der Waals surface area contributed by atoms with Crippen LogP contribution >= 0.6 is 11.8 Å². The molecule has 0 saturated carbocycles.